The lowest BCUT2D eigenvalue weighted by Crippen LogP contribution is -2.26. The van der Waals surface area contributed by atoms with Crippen molar-refractivity contribution in [2.45, 2.75) is 33.2 Å². The Bertz CT molecular complexity index is 548. The molecule has 0 fully saturated rings. The van der Waals surface area contributed by atoms with Gasteiger partial charge >= 0.3 is 0 Å². The van der Waals surface area contributed by atoms with Gasteiger partial charge in [-0.25, -0.2) is 0 Å². The third kappa shape index (κ3) is 3.18. The van der Waals surface area contributed by atoms with Gasteiger partial charge in [-0.1, -0.05) is 67.0 Å². The molecule has 0 aliphatic carbocycles. The second-order valence-corrected chi connectivity index (χ2v) is 6.21. The largest absolute Gasteiger partial charge is 0.310 e. The predicted molar refractivity (Wildman–Crippen MR) is 87.5 cm³/mol. The van der Waals surface area contributed by atoms with Gasteiger partial charge in [0.05, 0.1) is 0 Å². The van der Waals surface area contributed by atoms with E-state index >= 15 is 0 Å². The average Bonchev–Trinajstić information content (AvgIpc) is 2.41. The van der Waals surface area contributed by atoms with Crippen LogP contribution in [0.25, 0.3) is 10.8 Å². The number of halogens is 1. The summed E-state index contributed by atoms with van der Waals surface area (Å²) >= 11 is 3.65. The van der Waals surface area contributed by atoms with Crippen molar-refractivity contribution in [3.05, 3.63) is 46.4 Å². The topological polar surface area (TPSA) is 12.0 Å². The summed E-state index contributed by atoms with van der Waals surface area (Å²) in [4.78, 5) is 0. The van der Waals surface area contributed by atoms with E-state index < -0.39 is 0 Å². The van der Waals surface area contributed by atoms with Gasteiger partial charge in [0.2, 0.25) is 0 Å². The minimum absolute atomic E-state index is 0.415. The monoisotopic (exact) mass is 319 g/mol. The Balaban J connectivity index is 2.50. The van der Waals surface area contributed by atoms with Crippen molar-refractivity contribution in [1.29, 1.82) is 0 Å². The quantitative estimate of drug-likeness (QED) is 0.788. The third-order valence-electron chi connectivity index (χ3n) is 3.52. The Morgan fingerprint density at radius 2 is 1.74 bits per heavy atom. The van der Waals surface area contributed by atoms with Crippen molar-refractivity contribution in [2.24, 2.45) is 5.92 Å². The Kier molecular flexibility index (Phi) is 5.00. The molecule has 2 aromatic carbocycles. The summed E-state index contributed by atoms with van der Waals surface area (Å²) in [5, 5.41) is 6.32. The van der Waals surface area contributed by atoms with Gasteiger partial charge in [0.25, 0.3) is 0 Å². The molecular weight excluding hydrogens is 298 g/mol. The van der Waals surface area contributed by atoms with Crippen molar-refractivity contribution in [2.75, 3.05) is 6.54 Å². The van der Waals surface area contributed by atoms with E-state index in [0.29, 0.717) is 12.0 Å². The molecule has 1 unspecified atom stereocenters. The molecule has 0 saturated heterocycles. The molecule has 0 amide bonds. The minimum atomic E-state index is 0.415. The number of hydrogen-bond donors (Lipinski definition) is 1. The van der Waals surface area contributed by atoms with E-state index in [9.17, 15) is 0 Å². The molecule has 0 saturated carbocycles. The van der Waals surface area contributed by atoms with Crippen LogP contribution in [0.3, 0.4) is 0 Å². The normalized spacial score (nSPS) is 13.1. The molecule has 1 nitrogen and oxygen atoms in total. The highest BCUT2D eigenvalue weighted by Crippen LogP contribution is 2.32. The van der Waals surface area contributed by atoms with E-state index in [0.717, 1.165) is 13.0 Å². The Labute approximate surface area is 124 Å². The molecule has 19 heavy (non-hydrogen) atoms. The van der Waals surface area contributed by atoms with Gasteiger partial charge in [0, 0.05) is 10.5 Å². The summed E-state index contributed by atoms with van der Waals surface area (Å²) < 4.78 is 1.17. The summed E-state index contributed by atoms with van der Waals surface area (Å²) in [7, 11) is 0. The first-order valence-corrected chi connectivity index (χ1v) is 7.85. The molecule has 0 bridgehead atoms. The SMILES string of the molecule is CCCNC(c1ccc(Br)c2ccccc12)C(C)C. The molecule has 2 heteroatoms. The fraction of sp³-hybridized carbons (Fsp3) is 0.412. The second kappa shape index (κ2) is 6.53. The summed E-state index contributed by atoms with van der Waals surface area (Å²) in [6.07, 6.45) is 1.16. The molecule has 2 aromatic rings. The Morgan fingerprint density at radius 3 is 2.37 bits per heavy atom. The maximum atomic E-state index is 3.68. The van der Waals surface area contributed by atoms with E-state index in [-0.39, 0.29) is 0 Å². The summed E-state index contributed by atoms with van der Waals surface area (Å²) in [6, 6.07) is 13.5. The van der Waals surface area contributed by atoms with Gasteiger partial charge in [0.15, 0.2) is 0 Å². The zero-order chi connectivity index (χ0) is 13.8. The first-order valence-electron chi connectivity index (χ1n) is 7.05. The molecule has 0 aliphatic rings. The average molecular weight is 320 g/mol. The van der Waals surface area contributed by atoms with Crippen molar-refractivity contribution < 1.29 is 0 Å². The molecule has 2 rings (SSSR count). The highest BCUT2D eigenvalue weighted by molar-refractivity contribution is 9.10. The van der Waals surface area contributed by atoms with Gasteiger partial charge in [-0.05, 0) is 41.3 Å². The smallest absolute Gasteiger partial charge is 0.0349 e. The van der Waals surface area contributed by atoms with Gasteiger partial charge in [0.1, 0.15) is 0 Å². The zero-order valence-corrected chi connectivity index (χ0v) is 13.5. The number of rotatable bonds is 5. The molecule has 0 aliphatic heterocycles. The second-order valence-electron chi connectivity index (χ2n) is 5.36. The van der Waals surface area contributed by atoms with Crippen LogP contribution in [0, 0.1) is 5.92 Å². The number of hydrogen-bond acceptors (Lipinski definition) is 1. The highest BCUT2D eigenvalue weighted by Gasteiger charge is 2.17. The van der Waals surface area contributed by atoms with Crippen molar-refractivity contribution in [3.63, 3.8) is 0 Å². The zero-order valence-electron chi connectivity index (χ0n) is 11.9. The van der Waals surface area contributed by atoms with Crippen LogP contribution in [0.15, 0.2) is 40.9 Å². The maximum absolute atomic E-state index is 3.68. The summed E-state index contributed by atoms with van der Waals surface area (Å²) in [6.45, 7) is 7.84. The fourth-order valence-corrected chi connectivity index (χ4v) is 3.04. The number of fused-ring (bicyclic) bond motifs is 1. The molecular formula is C17H22BrN. The lowest BCUT2D eigenvalue weighted by Gasteiger charge is -2.24. The van der Waals surface area contributed by atoms with Crippen molar-refractivity contribution in [3.8, 4) is 0 Å². The van der Waals surface area contributed by atoms with Gasteiger partial charge in [-0.3, -0.25) is 0 Å². The van der Waals surface area contributed by atoms with Crippen LogP contribution >= 0.6 is 15.9 Å². The number of benzene rings is 2. The Hall–Kier alpha value is -0.860. The molecule has 0 radical (unpaired) electrons. The molecule has 0 aromatic heterocycles. The molecule has 0 heterocycles. The lowest BCUT2D eigenvalue weighted by atomic mass is 9.91. The van der Waals surface area contributed by atoms with Crippen molar-refractivity contribution >= 4 is 26.7 Å². The first kappa shape index (κ1) is 14.5. The predicted octanol–water partition coefficient (Wildman–Crippen LogP) is 5.30. The van der Waals surface area contributed by atoms with E-state index in [1.54, 1.807) is 0 Å². The molecule has 1 atom stereocenters. The van der Waals surface area contributed by atoms with Gasteiger partial charge in [-0.15, -0.1) is 0 Å². The third-order valence-corrected chi connectivity index (χ3v) is 4.21. The minimum Gasteiger partial charge on any atom is -0.310 e. The summed E-state index contributed by atoms with van der Waals surface area (Å²) in [5.74, 6) is 0.580. The van der Waals surface area contributed by atoms with Crippen molar-refractivity contribution in [1.82, 2.24) is 5.32 Å². The highest BCUT2D eigenvalue weighted by atomic mass is 79.9. The van der Waals surface area contributed by atoms with Crippen LogP contribution in [0.2, 0.25) is 0 Å². The fourth-order valence-electron chi connectivity index (χ4n) is 2.56. The standard InChI is InChI=1S/C17H22BrN/c1-4-11-19-17(12(2)3)15-9-10-16(18)14-8-6-5-7-13(14)15/h5-10,12,17,19H,4,11H2,1-3H3. The molecule has 0 spiro atoms. The lowest BCUT2D eigenvalue weighted by molar-refractivity contribution is 0.415. The van der Waals surface area contributed by atoms with Crippen LogP contribution in [0.4, 0.5) is 0 Å². The van der Waals surface area contributed by atoms with Gasteiger partial charge in [-0.2, -0.15) is 0 Å². The van der Waals surface area contributed by atoms with Crippen LogP contribution in [0.1, 0.15) is 38.8 Å². The Morgan fingerprint density at radius 1 is 1.05 bits per heavy atom. The molecule has 1 N–H and O–H groups in total. The first-order chi connectivity index (χ1) is 9.15. The van der Waals surface area contributed by atoms with E-state index in [2.05, 4.69) is 78.4 Å². The summed E-state index contributed by atoms with van der Waals surface area (Å²) in [5.41, 5.74) is 1.40. The van der Waals surface area contributed by atoms with Crippen LogP contribution in [-0.4, -0.2) is 6.54 Å². The van der Waals surface area contributed by atoms with E-state index in [4.69, 9.17) is 0 Å². The van der Waals surface area contributed by atoms with Crippen LogP contribution in [-0.2, 0) is 0 Å². The van der Waals surface area contributed by atoms with E-state index in [1.807, 2.05) is 0 Å². The van der Waals surface area contributed by atoms with Crippen LogP contribution in [0.5, 0.6) is 0 Å². The van der Waals surface area contributed by atoms with E-state index in [1.165, 1.54) is 20.8 Å². The van der Waals surface area contributed by atoms with Crippen LogP contribution < -0.4 is 5.32 Å². The molecule has 102 valence electrons. The maximum Gasteiger partial charge on any atom is 0.0349 e. The van der Waals surface area contributed by atoms with Gasteiger partial charge < -0.3 is 5.32 Å². The number of nitrogens with one attached hydrogen (secondary N) is 1.